The molecule has 3 rings (SSSR count). The van der Waals surface area contributed by atoms with E-state index in [9.17, 15) is 14.4 Å². The van der Waals surface area contributed by atoms with Crippen LogP contribution in [0.1, 0.15) is 24.8 Å². The molecule has 1 fully saturated rings. The number of aryl methyl sites for hydroxylation is 1. The third-order valence-corrected chi connectivity index (χ3v) is 4.90. The number of rotatable bonds is 4. The molecular weight excluding hydrogens is 304 g/mol. The first-order chi connectivity index (χ1) is 10.6. The van der Waals surface area contributed by atoms with E-state index in [1.54, 1.807) is 0 Å². The second-order valence-corrected chi connectivity index (χ2v) is 6.38. The number of hydrogen-bond acceptors (Lipinski definition) is 6. The van der Waals surface area contributed by atoms with Gasteiger partial charge in [-0.1, -0.05) is 30.4 Å². The normalized spacial score (nSPS) is 23.8. The van der Waals surface area contributed by atoms with Crippen molar-refractivity contribution >= 4 is 34.2 Å². The Morgan fingerprint density at radius 2 is 1.91 bits per heavy atom. The SMILES string of the molecule is CCc1nnc(NC(=O)CN2C(=O)C3CC=CCC3C2=O)s1. The molecular formula is C14H16N4O3S. The van der Waals surface area contributed by atoms with Crippen LogP contribution in [0.5, 0.6) is 0 Å². The molecule has 1 aromatic heterocycles. The van der Waals surface area contributed by atoms with Gasteiger partial charge < -0.3 is 0 Å². The first-order valence-electron chi connectivity index (χ1n) is 7.22. The minimum Gasteiger partial charge on any atom is -0.299 e. The summed E-state index contributed by atoms with van der Waals surface area (Å²) in [7, 11) is 0. The zero-order chi connectivity index (χ0) is 15.7. The number of nitrogens with one attached hydrogen (secondary N) is 1. The van der Waals surface area contributed by atoms with Gasteiger partial charge in [0.2, 0.25) is 22.9 Å². The number of imide groups is 1. The van der Waals surface area contributed by atoms with Crippen LogP contribution in [0.15, 0.2) is 12.2 Å². The van der Waals surface area contributed by atoms with Crippen LogP contribution in [0.4, 0.5) is 5.13 Å². The second kappa shape index (κ2) is 5.96. The Hall–Kier alpha value is -2.09. The summed E-state index contributed by atoms with van der Waals surface area (Å²) < 4.78 is 0. The van der Waals surface area contributed by atoms with Crippen molar-refractivity contribution in [1.82, 2.24) is 15.1 Å². The number of carbonyl (C=O) groups is 3. The zero-order valence-electron chi connectivity index (χ0n) is 12.1. The maximum absolute atomic E-state index is 12.3. The molecule has 2 unspecified atom stereocenters. The minimum absolute atomic E-state index is 0.249. The van der Waals surface area contributed by atoms with Crippen LogP contribution >= 0.6 is 11.3 Å². The fraction of sp³-hybridized carbons (Fsp3) is 0.500. The molecule has 2 aliphatic rings. The standard InChI is InChI=1S/C14H16N4O3S/c1-2-11-16-17-14(22-11)15-10(19)7-18-12(20)8-5-3-4-6-9(8)13(18)21/h3-4,8-9H,2,5-7H2,1H3,(H,15,17,19). The first-order valence-corrected chi connectivity index (χ1v) is 8.04. The van der Waals surface area contributed by atoms with E-state index in [4.69, 9.17) is 0 Å². The number of aromatic nitrogens is 2. The summed E-state index contributed by atoms with van der Waals surface area (Å²) >= 11 is 1.29. The maximum Gasteiger partial charge on any atom is 0.246 e. The van der Waals surface area contributed by atoms with Crippen LogP contribution in [-0.4, -0.2) is 39.4 Å². The molecule has 22 heavy (non-hydrogen) atoms. The van der Waals surface area contributed by atoms with Crippen molar-refractivity contribution in [2.75, 3.05) is 11.9 Å². The predicted molar refractivity (Wildman–Crippen MR) is 80.0 cm³/mol. The van der Waals surface area contributed by atoms with Crippen molar-refractivity contribution in [2.24, 2.45) is 11.8 Å². The molecule has 1 N–H and O–H groups in total. The summed E-state index contributed by atoms with van der Waals surface area (Å²) in [5.41, 5.74) is 0. The van der Waals surface area contributed by atoms with Gasteiger partial charge >= 0.3 is 0 Å². The van der Waals surface area contributed by atoms with E-state index in [-0.39, 0.29) is 30.2 Å². The molecule has 2 heterocycles. The summed E-state index contributed by atoms with van der Waals surface area (Å²) in [6.07, 6.45) is 5.73. The van der Waals surface area contributed by atoms with E-state index < -0.39 is 5.91 Å². The van der Waals surface area contributed by atoms with E-state index in [2.05, 4.69) is 15.5 Å². The Bertz CT molecular complexity index is 628. The van der Waals surface area contributed by atoms with Gasteiger partial charge in [-0.3, -0.25) is 24.6 Å². The second-order valence-electron chi connectivity index (χ2n) is 5.32. The summed E-state index contributed by atoms with van der Waals surface area (Å²) in [6.45, 7) is 1.69. The molecule has 2 atom stereocenters. The Kier molecular flexibility index (Phi) is 4.02. The fourth-order valence-electron chi connectivity index (χ4n) is 2.77. The van der Waals surface area contributed by atoms with Gasteiger partial charge in [0.05, 0.1) is 11.8 Å². The van der Waals surface area contributed by atoms with Gasteiger partial charge in [0.25, 0.3) is 0 Å². The van der Waals surface area contributed by atoms with E-state index in [1.165, 1.54) is 11.3 Å². The lowest BCUT2D eigenvalue weighted by atomic mass is 9.85. The highest BCUT2D eigenvalue weighted by molar-refractivity contribution is 7.15. The molecule has 7 nitrogen and oxygen atoms in total. The molecule has 3 amide bonds. The zero-order valence-corrected chi connectivity index (χ0v) is 12.9. The highest BCUT2D eigenvalue weighted by Crippen LogP contribution is 2.34. The van der Waals surface area contributed by atoms with E-state index >= 15 is 0 Å². The van der Waals surface area contributed by atoms with Gasteiger partial charge in [-0.25, -0.2) is 0 Å². The lowest BCUT2D eigenvalue weighted by molar-refractivity contribution is -0.142. The van der Waals surface area contributed by atoms with Crippen molar-refractivity contribution in [3.05, 3.63) is 17.2 Å². The Morgan fingerprint density at radius 1 is 1.27 bits per heavy atom. The number of likely N-dealkylation sites (tertiary alicyclic amines) is 1. The lowest BCUT2D eigenvalue weighted by Gasteiger charge is -2.14. The Labute approximate surface area is 131 Å². The molecule has 0 spiro atoms. The monoisotopic (exact) mass is 320 g/mol. The highest BCUT2D eigenvalue weighted by Gasteiger charge is 2.47. The van der Waals surface area contributed by atoms with Crippen LogP contribution < -0.4 is 5.32 Å². The maximum atomic E-state index is 12.3. The van der Waals surface area contributed by atoms with Crippen LogP contribution in [0, 0.1) is 11.8 Å². The van der Waals surface area contributed by atoms with Crippen molar-refractivity contribution in [3.8, 4) is 0 Å². The van der Waals surface area contributed by atoms with Gasteiger partial charge in [-0.15, -0.1) is 10.2 Å². The first kappa shape index (κ1) is 14.8. The average Bonchev–Trinajstić information content (AvgIpc) is 3.06. The van der Waals surface area contributed by atoms with E-state index in [1.807, 2.05) is 19.1 Å². The number of nitrogens with zero attached hydrogens (tertiary/aromatic N) is 3. The molecule has 1 saturated heterocycles. The summed E-state index contributed by atoms with van der Waals surface area (Å²) in [5.74, 6) is -1.54. The van der Waals surface area contributed by atoms with Gasteiger partial charge in [0.15, 0.2) is 0 Å². The summed E-state index contributed by atoms with van der Waals surface area (Å²) in [4.78, 5) is 37.6. The van der Waals surface area contributed by atoms with Crippen LogP contribution in [0.25, 0.3) is 0 Å². The number of anilines is 1. The average molecular weight is 320 g/mol. The largest absolute Gasteiger partial charge is 0.299 e. The topological polar surface area (TPSA) is 92.3 Å². The molecule has 0 aromatic carbocycles. The van der Waals surface area contributed by atoms with Crippen LogP contribution in [0.3, 0.4) is 0 Å². The molecule has 1 aliphatic carbocycles. The van der Waals surface area contributed by atoms with E-state index in [0.717, 1.165) is 16.3 Å². The van der Waals surface area contributed by atoms with Crippen molar-refractivity contribution in [2.45, 2.75) is 26.2 Å². The van der Waals surface area contributed by atoms with E-state index in [0.29, 0.717) is 18.0 Å². The smallest absolute Gasteiger partial charge is 0.246 e. The summed E-state index contributed by atoms with van der Waals surface area (Å²) in [6, 6.07) is 0. The highest BCUT2D eigenvalue weighted by atomic mass is 32.1. The van der Waals surface area contributed by atoms with Gasteiger partial charge in [-0.05, 0) is 19.3 Å². The van der Waals surface area contributed by atoms with Crippen LogP contribution in [-0.2, 0) is 20.8 Å². The van der Waals surface area contributed by atoms with Crippen molar-refractivity contribution in [1.29, 1.82) is 0 Å². The number of fused-ring (bicyclic) bond motifs is 1. The molecule has 0 radical (unpaired) electrons. The number of hydrogen-bond donors (Lipinski definition) is 1. The van der Waals surface area contributed by atoms with Crippen LogP contribution in [0.2, 0.25) is 0 Å². The molecule has 0 bridgehead atoms. The number of amides is 3. The quantitative estimate of drug-likeness (QED) is 0.660. The predicted octanol–water partition coefficient (Wildman–Crippen LogP) is 0.990. The lowest BCUT2D eigenvalue weighted by Crippen LogP contribution is -2.38. The molecule has 1 aliphatic heterocycles. The third-order valence-electron chi connectivity index (χ3n) is 3.92. The van der Waals surface area contributed by atoms with Crippen molar-refractivity contribution < 1.29 is 14.4 Å². The molecule has 0 saturated carbocycles. The Balaban J connectivity index is 1.64. The van der Waals surface area contributed by atoms with Gasteiger partial charge in [0, 0.05) is 0 Å². The molecule has 1 aromatic rings. The molecule has 8 heteroatoms. The Morgan fingerprint density at radius 3 is 2.45 bits per heavy atom. The minimum atomic E-state index is -0.424. The summed E-state index contributed by atoms with van der Waals surface area (Å²) in [5, 5.41) is 11.6. The third kappa shape index (κ3) is 2.66. The molecule has 116 valence electrons. The number of carbonyl (C=O) groups excluding carboxylic acids is 3. The van der Waals surface area contributed by atoms with Gasteiger partial charge in [0.1, 0.15) is 11.6 Å². The number of allylic oxidation sites excluding steroid dienone is 2. The fourth-order valence-corrected chi connectivity index (χ4v) is 3.47. The van der Waals surface area contributed by atoms with Gasteiger partial charge in [-0.2, -0.15) is 0 Å². The van der Waals surface area contributed by atoms with Crippen molar-refractivity contribution in [3.63, 3.8) is 0 Å².